The van der Waals surface area contributed by atoms with Gasteiger partial charge in [0.15, 0.2) is 0 Å². The van der Waals surface area contributed by atoms with Crippen molar-refractivity contribution < 1.29 is 28.3 Å². The molecule has 0 N–H and O–H groups in total. The molecule has 0 unspecified atom stereocenters. The molecule has 0 aromatic heterocycles. The van der Waals surface area contributed by atoms with Crippen molar-refractivity contribution in [2.75, 3.05) is 0 Å². The van der Waals surface area contributed by atoms with E-state index in [1.165, 1.54) is 57.8 Å². The van der Waals surface area contributed by atoms with Crippen LogP contribution in [-0.2, 0) is 28.3 Å². The third kappa shape index (κ3) is 22.3. The molecule has 0 amide bonds. The largest absolute Gasteiger partial charge is 0.870 e. The van der Waals surface area contributed by atoms with Crippen LogP contribution in [0, 0.1) is 0 Å². The molecule has 0 fully saturated rings. The van der Waals surface area contributed by atoms with Crippen LogP contribution in [-0.4, -0.2) is 25.2 Å². The number of hydrogen-bond acceptors (Lipinski definition) is 6. The summed E-state index contributed by atoms with van der Waals surface area (Å²) in [6.45, 7) is 6.50. The summed E-state index contributed by atoms with van der Waals surface area (Å²) in [7, 11) is -1.58. The lowest BCUT2D eigenvalue weighted by Gasteiger charge is -2.14. The lowest BCUT2D eigenvalue weighted by molar-refractivity contribution is -0.148. The van der Waals surface area contributed by atoms with E-state index in [4.69, 9.17) is 14.0 Å². The van der Waals surface area contributed by atoms with E-state index in [-0.39, 0.29) is 19.3 Å². The first-order chi connectivity index (χ1) is 16.5. The van der Waals surface area contributed by atoms with Gasteiger partial charge in [-0.3, -0.25) is 14.4 Å². The summed E-state index contributed by atoms with van der Waals surface area (Å²) in [5, 5.41) is 0. The first-order valence-electron chi connectivity index (χ1n) is 14.1. The highest BCUT2D eigenvalue weighted by molar-refractivity contribution is 6.44. The van der Waals surface area contributed by atoms with Gasteiger partial charge in [0.25, 0.3) is 17.9 Å². The molecule has 0 aliphatic heterocycles. The van der Waals surface area contributed by atoms with Crippen molar-refractivity contribution >= 4 is 25.2 Å². The van der Waals surface area contributed by atoms with Crippen LogP contribution < -0.4 is 0 Å². The van der Waals surface area contributed by atoms with Gasteiger partial charge in [-0.25, -0.2) is 0 Å². The van der Waals surface area contributed by atoms with Gasteiger partial charge in [-0.2, -0.15) is 0 Å². The van der Waals surface area contributed by atoms with Crippen LogP contribution in [0.25, 0.3) is 0 Å². The first kappa shape index (κ1) is 32.5. The Hall–Kier alpha value is -1.53. The molecular formula is C27H51BO6. The van der Waals surface area contributed by atoms with Crippen molar-refractivity contribution in [2.45, 2.75) is 156 Å². The molecule has 0 heterocycles. The summed E-state index contributed by atoms with van der Waals surface area (Å²) < 4.78 is 15.6. The zero-order chi connectivity index (χ0) is 25.3. The second kappa shape index (κ2) is 24.6. The van der Waals surface area contributed by atoms with Gasteiger partial charge >= 0.3 is 7.32 Å². The average Bonchev–Trinajstić information content (AvgIpc) is 2.80. The molecule has 0 radical (unpaired) electrons. The van der Waals surface area contributed by atoms with Crippen molar-refractivity contribution in [1.82, 2.24) is 0 Å². The second-order valence-corrected chi connectivity index (χ2v) is 9.31. The minimum absolute atomic E-state index is 0.229. The molecule has 0 rings (SSSR count). The van der Waals surface area contributed by atoms with Crippen molar-refractivity contribution in [3.8, 4) is 0 Å². The molecule has 0 aliphatic carbocycles. The lowest BCUT2D eigenvalue weighted by atomic mass is 10.1. The van der Waals surface area contributed by atoms with E-state index in [9.17, 15) is 14.4 Å². The standard InChI is InChI=1S/C27H51BO6/c1-4-7-10-13-16-19-22-25(29)32-28(33-26(30)23-20-17-14-11-8-5-2)34-27(31)24-21-18-15-12-9-6-3/h4-24H2,1-3H3. The molecule has 0 bridgehead atoms. The van der Waals surface area contributed by atoms with Crippen molar-refractivity contribution in [1.29, 1.82) is 0 Å². The Morgan fingerprint density at radius 2 is 0.647 bits per heavy atom. The predicted molar refractivity (Wildman–Crippen MR) is 138 cm³/mol. The highest BCUT2D eigenvalue weighted by Gasteiger charge is 2.35. The van der Waals surface area contributed by atoms with E-state index in [0.717, 1.165) is 38.5 Å². The van der Waals surface area contributed by atoms with E-state index in [1.54, 1.807) is 0 Å². The zero-order valence-corrected chi connectivity index (χ0v) is 22.4. The zero-order valence-electron chi connectivity index (χ0n) is 22.4. The molecule has 0 aromatic rings. The Labute approximate surface area is 209 Å². The summed E-state index contributed by atoms with van der Waals surface area (Å²) in [5.74, 6) is -1.50. The fourth-order valence-electron chi connectivity index (χ4n) is 3.72. The number of carbonyl (C=O) groups excluding carboxylic acids is 3. The Kier molecular flexibility index (Phi) is 23.5. The summed E-state index contributed by atoms with van der Waals surface area (Å²) in [5.41, 5.74) is 0. The topological polar surface area (TPSA) is 78.9 Å². The van der Waals surface area contributed by atoms with Crippen LogP contribution in [0.15, 0.2) is 0 Å². The summed E-state index contributed by atoms with van der Waals surface area (Å²) in [6, 6.07) is 0. The monoisotopic (exact) mass is 482 g/mol. The maximum atomic E-state index is 12.2. The van der Waals surface area contributed by atoms with E-state index in [1.807, 2.05) is 0 Å². The van der Waals surface area contributed by atoms with Crippen LogP contribution in [0.2, 0.25) is 0 Å². The molecule has 0 saturated heterocycles. The molecule has 0 saturated carbocycles. The van der Waals surface area contributed by atoms with Gasteiger partial charge < -0.3 is 14.0 Å². The highest BCUT2D eigenvalue weighted by atomic mass is 16.8. The Bertz CT molecular complexity index is 440. The Balaban J connectivity index is 4.42. The second-order valence-electron chi connectivity index (χ2n) is 9.31. The number of rotatable bonds is 24. The number of unbranched alkanes of at least 4 members (excludes halogenated alkanes) is 15. The third-order valence-electron chi connectivity index (χ3n) is 5.89. The van der Waals surface area contributed by atoms with E-state index in [0.29, 0.717) is 19.3 Å². The molecule has 0 atom stereocenters. The molecule has 6 nitrogen and oxygen atoms in total. The van der Waals surface area contributed by atoms with Crippen LogP contribution in [0.1, 0.15) is 156 Å². The Morgan fingerprint density at radius 1 is 0.412 bits per heavy atom. The van der Waals surface area contributed by atoms with Crippen LogP contribution in [0.3, 0.4) is 0 Å². The first-order valence-corrected chi connectivity index (χ1v) is 14.1. The SMILES string of the molecule is CCCCCCCCC(=O)OB(OC(=O)CCCCCCCC)OC(=O)CCCCCCCC. The van der Waals surface area contributed by atoms with Gasteiger partial charge in [-0.15, -0.1) is 0 Å². The van der Waals surface area contributed by atoms with Gasteiger partial charge in [0.05, 0.1) is 0 Å². The third-order valence-corrected chi connectivity index (χ3v) is 5.89. The highest BCUT2D eigenvalue weighted by Crippen LogP contribution is 2.12. The van der Waals surface area contributed by atoms with Crippen LogP contribution in [0.5, 0.6) is 0 Å². The van der Waals surface area contributed by atoms with Gasteiger partial charge in [-0.05, 0) is 19.3 Å². The fraction of sp³-hybridized carbons (Fsp3) is 0.889. The fourth-order valence-corrected chi connectivity index (χ4v) is 3.72. The van der Waals surface area contributed by atoms with Crippen molar-refractivity contribution in [2.24, 2.45) is 0 Å². The van der Waals surface area contributed by atoms with E-state index < -0.39 is 25.2 Å². The minimum atomic E-state index is -1.58. The normalized spacial score (nSPS) is 10.7. The Morgan fingerprint density at radius 3 is 0.912 bits per heavy atom. The number of carbonyl (C=O) groups is 3. The molecular weight excluding hydrogens is 431 g/mol. The van der Waals surface area contributed by atoms with Crippen molar-refractivity contribution in [3.63, 3.8) is 0 Å². The van der Waals surface area contributed by atoms with Gasteiger partial charge in [0, 0.05) is 19.3 Å². The van der Waals surface area contributed by atoms with E-state index in [2.05, 4.69) is 20.8 Å². The maximum absolute atomic E-state index is 12.2. The molecule has 0 aliphatic rings. The lowest BCUT2D eigenvalue weighted by Crippen LogP contribution is -2.34. The van der Waals surface area contributed by atoms with E-state index >= 15 is 0 Å². The van der Waals surface area contributed by atoms with Crippen molar-refractivity contribution in [3.05, 3.63) is 0 Å². The summed E-state index contributed by atoms with van der Waals surface area (Å²) in [6.07, 6.45) is 19.6. The minimum Gasteiger partial charge on any atom is -0.462 e. The molecule has 34 heavy (non-hydrogen) atoms. The van der Waals surface area contributed by atoms with Gasteiger partial charge in [0.1, 0.15) is 0 Å². The smallest absolute Gasteiger partial charge is 0.462 e. The van der Waals surface area contributed by atoms with Crippen LogP contribution in [0.4, 0.5) is 0 Å². The molecule has 7 heteroatoms. The molecule has 198 valence electrons. The quantitative estimate of drug-likeness (QED) is 0.103. The summed E-state index contributed by atoms with van der Waals surface area (Å²) >= 11 is 0. The van der Waals surface area contributed by atoms with Gasteiger partial charge in [-0.1, -0.05) is 117 Å². The predicted octanol–water partition coefficient (Wildman–Crippen LogP) is 7.85. The maximum Gasteiger partial charge on any atom is 0.870 e. The molecule has 0 spiro atoms. The average molecular weight is 483 g/mol. The number of hydrogen-bond donors (Lipinski definition) is 0. The van der Waals surface area contributed by atoms with Crippen LogP contribution >= 0.6 is 0 Å². The van der Waals surface area contributed by atoms with Gasteiger partial charge in [0.2, 0.25) is 0 Å². The summed E-state index contributed by atoms with van der Waals surface area (Å²) in [4.78, 5) is 36.7. The molecule has 0 aromatic carbocycles.